The Morgan fingerprint density at radius 3 is 2.38 bits per heavy atom. The summed E-state index contributed by atoms with van der Waals surface area (Å²) in [5.41, 5.74) is 1.37. The molecule has 16 heavy (non-hydrogen) atoms. The highest BCUT2D eigenvalue weighted by Crippen LogP contribution is 2.18. The molecule has 0 aromatic rings. The molecule has 0 unspecified atom stereocenters. The van der Waals surface area contributed by atoms with Gasteiger partial charge in [0.15, 0.2) is 5.78 Å². The van der Waals surface area contributed by atoms with Gasteiger partial charge in [-0.3, -0.25) is 4.79 Å². The summed E-state index contributed by atoms with van der Waals surface area (Å²) in [7, 11) is 0. The van der Waals surface area contributed by atoms with E-state index in [0.717, 1.165) is 32.2 Å². The van der Waals surface area contributed by atoms with E-state index >= 15 is 0 Å². The summed E-state index contributed by atoms with van der Waals surface area (Å²) in [6, 6.07) is 0. The quantitative estimate of drug-likeness (QED) is 0.660. The van der Waals surface area contributed by atoms with Crippen LogP contribution in [0.1, 0.15) is 52.4 Å². The maximum Gasteiger partial charge on any atom is 0.155 e. The first-order chi connectivity index (χ1) is 7.76. The van der Waals surface area contributed by atoms with E-state index in [1.165, 1.54) is 31.5 Å². The van der Waals surface area contributed by atoms with Crippen molar-refractivity contribution >= 4 is 5.78 Å². The first kappa shape index (κ1) is 13.4. The van der Waals surface area contributed by atoms with E-state index in [1.54, 1.807) is 0 Å². The predicted octanol–water partition coefficient (Wildman–Crippen LogP) is 3.18. The fourth-order valence-electron chi connectivity index (χ4n) is 2.33. The van der Waals surface area contributed by atoms with Gasteiger partial charge in [-0.1, -0.05) is 19.4 Å². The van der Waals surface area contributed by atoms with E-state index in [4.69, 9.17) is 0 Å². The molecule has 0 aromatic heterocycles. The first-order valence-corrected chi connectivity index (χ1v) is 6.71. The van der Waals surface area contributed by atoms with Gasteiger partial charge in [-0.05, 0) is 51.3 Å². The van der Waals surface area contributed by atoms with E-state index in [9.17, 15) is 4.79 Å². The molecule has 1 rings (SSSR count). The van der Waals surface area contributed by atoms with Crippen molar-refractivity contribution in [2.75, 3.05) is 19.6 Å². The maximum absolute atomic E-state index is 11.3. The number of nitrogens with zero attached hydrogens (tertiary/aromatic N) is 1. The summed E-state index contributed by atoms with van der Waals surface area (Å²) in [5.74, 6) is 0.332. The number of carbonyl (C=O) groups is 1. The molecule has 0 radical (unpaired) electrons. The van der Waals surface area contributed by atoms with Gasteiger partial charge in [-0.25, -0.2) is 0 Å². The standard InChI is InChI=1S/C14H25NO/c1-3-9-15(10-4-2)11-8-13-6-5-7-14(16)12-13/h12H,3-11H2,1-2H3. The molecule has 0 N–H and O–H groups in total. The third-order valence-corrected chi connectivity index (χ3v) is 3.11. The molecule has 0 fully saturated rings. The molecule has 0 saturated carbocycles. The van der Waals surface area contributed by atoms with Gasteiger partial charge in [0.25, 0.3) is 0 Å². The number of rotatable bonds is 7. The second-order valence-electron chi connectivity index (χ2n) is 4.71. The molecule has 1 aliphatic rings. The van der Waals surface area contributed by atoms with Crippen LogP contribution in [0, 0.1) is 0 Å². The molecule has 0 spiro atoms. The van der Waals surface area contributed by atoms with E-state index in [-0.39, 0.29) is 0 Å². The van der Waals surface area contributed by atoms with Gasteiger partial charge in [0, 0.05) is 13.0 Å². The highest BCUT2D eigenvalue weighted by Gasteiger charge is 2.11. The Kier molecular flexibility index (Phi) is 6.39. The average Bonchev–Trinajstić information content (AvgIpc) is 2.27. The Labute approximate surface area is 99.7 Å². The minimum atomic E-state index is 0.332. The van der Waals surface area contributed by atoms with Crippen LogP contribution in [0.3, 0.4) is 0 Å². The molecule has 2 nitrogen and oxygen atoms in total. The van der Waals surface area contributed by atoms with Crippen molar-refractivity contribution in [1.82, 2.24) is 4.90 Å². The summed E-state index contributed by atoms with van der Waals surface area (Å²) in [6.45, 7) is 7.96. The van der Waals surface area contributed by atoms with Gasteiger partial charge in [0.1, 0.15) is 0 Å². The number of hydrogen-bond donors (Lipinski definition) is 0. The number of ketones is 1. The Balaban J connectivity index is 2.33. The van der Waals surface area contributed by atoms with E-state index in [1.807, 2.05) is 6.08 Å². The molecule has 2 heteroatoms. The summed E-state index contributed by atoms with van der Waals surface area (Å²) in [4.78, 5) is 13.8. The Morgan fingerprint density at radius 1 is 1.12 bits per heavy atom. The number of carbonyl (C=O) groups excluding carboxylic acids is 1. The molecule has 0 bridgehead atoms. The third-order valence-electron chi connectivity index (χ3n) is 3.11. The smallest absolute Gasteiger partial charge is 0.155 e. The molecular formula is C14H25NO. The fraction of sp³-hybridized carbons (Fsp3) is 0.786. The normalized spacial score (nSPS) is 16.7. The first-order valence-electron chi connectivity index (χ1n) is 6.71. The van der Waals surface area contributed by atoms with E-state index in [2.05, 4.69) is 18.7 Å². The Morgan fingerprint density at radius 2 is 1.81 bits per heavy atom. The fourth-order valence-corrected chi connectivity index (χ4v) is 2.33. The highest BCUT2D eigenvalue weighted by atomic mass is 16.1. The van der Waals surface area contributed by atoms with Gasteiger partial charge in [-0.15, -0.1) is 0 Å². The van der Waals surface area contributed by atoms with Crippen molar-refractivity contribution in [2.24, 2.45) is 0 Å². The van der Waals surface area contributed by atoms with Crippen LogP contribution in [-0.4, -0.2) is 30.3 Å². The van der Waals surface area contributed by atoms with Crippen LogP contribution < -0.4 is 0 Å². The van der Waals surface area contributed by atoms with Crippen LogP contribution >= 0.6 is 0 Å². The van der Waals surface area contributed by atoms with E-state index < -0.39 is 0 Å². The minimum absolute atomic E-state index is 0.332. The lowest BCUT2D eigenvalue weighted by Gasteiger charge is -2.22. The van der Waals surface area contributed by atoms with Crippen LogP contribution in [0.5, 0.6) is 0 Å². The van der Waals surface area contributed by atoms with Crippen LogP contribution in [0.4, 0.5) is 0 Å². The average molecular weight is 223 g/mol. The van der Waals surface area contributed by atoms with Crippen LogP contribution in [0.25, 0.3) is 0 Å². The summed E-state index contributed by atoms with van der Waals surface area (Å²) < 4.78 is 0. The molecular weight excluding hydrogens is 198 g/mol. The van der Waals surface area contributed by atoms with Crippen LogP contribution in [0.15, 0.2) is 11.6 Å². The van der Waals surface area contributed by atoms with Crippen LogP contribution in [-0.2, 0) is 4.79 Å². The molecule has 1 aliphatic carbocycles. The van der Waals surface area contributed by atoms with Gasteiger partial charge in [0.2, 0.25) is 0 Å². The lowest BCUT2D eigenvalue weighted by atomic mass is 9.96. The van der Waals surface area contributed by atoms with Gasteiger partial charge >= 0.3 is 0 Å². The Bertz CT molecular complexity index is 239. The van der Waals surface area contributed by atoms with Gasteiger partial charge < -0.3 is 4.90 Å². The molecule has 0 amide bonds. The van der Waals surface area contributed by atoms with Crippen molar-refractivity contribution in [1.29, 1.82) is 0 Å². The van der Waals surface area contributed by atoms with Crippen LogP contribution in [0.2, 0.25) is 0 Å². The van der Waals surface area contributed by atoms with Crippen molar-refractivity contribution in [2.45, 2.75) is 52.4 Å². The minimum Gasteiger partial charge on any atom is -0.303 e. The molecule has 0 saturated heterocycles. The van der Waals surface area contributed by atoms with Crippen molar-refractivity contribution in [3.05, 3.63) is 11.6 Å². The number of hydrogen-bond acceptors (Lipinski definition) is 2. The Hall–Kier alpha value is -0.630. The molecule has 92 valence electrons. The predicted molar refractivity (Wildman–Crippen MR) is 68.6 cm³/mol. The maximum atomic E-state index is 11.3. The highest BCUT2D eigenvalue weighted by molar-refractivity contribution is 5.91. The summed E-state index contributed by atoms with van der Waals surface area (Å²) in [6.07, 6.45) is 8.38. The largest absolute Gasteiger partial charge is 0.303 e. The zero-order valence-corrected chi connectivity index (χ0v) is 10.8. The van der Waals surface area contributed by atoms with Crippen molar-refractivity contribution < 1.29 is 4.79 Å². The zero-order valence-electron chi connectivity index (χ0n) is 10.8. The molecule has 0 heterocycles. The van der Waals surface area contributed by atoms with Gasteiger partial charge in [0.05, 0.1) is 0 Å². The van der Waals surface area contributed by atoms with Crippen molar-refractivity contribution in [3.63, 3.8) is 0 Å². The van der Waals surface area contributed by atoms with Gasteiger partial charge in [-0.2, -0.15) is 0 Å². The monoisotopic (exact) mass is 223 g/mol. The lowest BCUT2D eigenvalue weighted by molar-refractivity contribution is -0.115. The zero-order chi connectivity index (χ0) is 11.8. The SMILES string of the molecule is CCCN(CCC)CCC1=CC(=O)CCC1. The van der Waals surface area contributed by atoms with E-state index in [0.29, 0.717) is 5.78 Å². The topological polar surface area (TPSA) is 20.3 Å². The van der Waals surface area contributed by atoms with Crippen molar-refractivity contribution in [3.8, 4) is 0 Å². The summed E-state index contributed by atoms with van der Waals surface area (Å²) in [5, 5.41) is 0. The molecule has 0 aromatic carbocycles. The molecule has 0 aliphatic heterocycles. The number of allylic oxidation sites excluding steroid dienone is 1. The second-order valence-corrected chi connectivity index (χ2v) is 4.71. The summed E-state index contributed by atoms with van der Waals surface area (Å²) >= 11 is 0. The molecule has 0 atom stereocenters. The lowest BCUT2D eigenvalue weighted by Crippen LogP contribution is -2.27. The third kappa shape index (κ3) is 4.93. The second kappa shape index (κ2) is 7.61.